The highest BCUT2D eigenvalue weighted by Crippen LogP contribution is 2.38. The molecule has 158 valence electrons. The van der Waals surface area contributed by atoms with E-state index in [4.69, 9.17) is 27.5 Å². The van der Waals surface area contributed by atoms with Crippen LogP contribution in [0.3, 0.4) is 0 Å². The molecule has 1 saturated heterocycles. The second-order valence-corrected chi connectivity index (χ2v) is 7.45. The van der Waals surface area contributed by atoms with E-state index in [0.717, 1.165) is 11.8 Å². The Balaban J connectivity index is 1.87. The maximum atomic E-state index is 12.4. The largest absolute Gasteiger partial charge is 0.490 e. The van der Waals surface area contributed by atoms with Crippen molar-refractivity contribution in [2.75, 3.05) is 13.2 Å². The SMILES string of the molecule is C#CCOc1c(Cl)cc(/C=C2\SC(=Nc3cccc([N+](=O)[O-])c3)NC2=O)cc1OCC. The van der Waals surface area contributed by atoms with Crippen LogP contribution in [0.5, 0.6) is 11.5 Å². The smallest absolute Gasteiger partial charge is 0.271 e. The molecule has 0 radical (unpaired) electrons. The first-order valence-corrected chi connectivity index (χ1v) is 10.2. The molecule has 1 heterocycles. The molecular weight excluding hydrogens is 442 g/mol. The second-order valence-electron chi connectivity index (χ2n) is 6.01. The molecule has 1 amide bonds. The monoisotopic (exact) mass is 457 g/mol. The van der Waals surface area contributed by atoms with Crippen molar-refractivity contribution in [1.82, 2.24) is 5.32 Å². The summed E-state index contributed by atoms with van der Waals surface area (Å²) in [4.78, 5) is 27.4. The Labute approximate surface area is 187 Å². The van der Waals surface area contributed by atoms with Gasteiger partial charge in [-0.05, 0) is 48.5 Å². The third kappa shape index (κ3) is 5.57. The molecule has 2 aromatic carbocycles. The van der Waals surface area contributed by atoms with Crippen molar-refractivity contribution in [3.63, 3.8) is 0 Å². The first-order valence-electron chi connectivity index (χ1n) is 8.98. The van der Waals surface area contributed by atoms with E-state index in [0.29, 0.717) is 44.5 Å². The van der Waals surface area contributed by atoms with Gasteiger partial charge in [0.25, 0.3) is 11.6 Å². The van der Waals surface area contributed by atoms with Gasteiger partial charge in [0.05, 0.1) is 27.1 Å². The lowest BCUT2D eigenvalue weighted by atomic mass is 10.2. The molecule has 0 unspecified atom stereocenters. The lowest BCUT2D eigenvalue weighted by Gasteiger charge is -2.13. The zero-order valence-electron chi connectivity index (χ0n) is 16.3. The van der Waals surface area contributed by atoms with E-state index < -0.39 is 4.92 Å². The molecule has 0 atom stereocenters. The van der Waals surface area contributed by atoms with E-state index in [1.54, 1.807) is 24.3 Å². The summed E-state index contributed by atoms with van der Waals surface area (Å²) in [5.74, 6) is 2.76. The number of amides is 1. The van der Waals surface area contributed by atoms with Crippen LogP contribution in [0.15, 0.2) is 46.3 Å². The number of nitro groups is 1. The summed E-state index contributed by atoms with van der Waals surface area (Å²) in [6.45, 7) is 2.24. The molecule has 2 aromatic rings. The summed E-state index contributed by atoms with van der Waals surface area (Å²) in [5.41, 5.74) is 0.892. The van der Waals surface area contributed by atoms with Gasteiger partial charge in [0.1, 0.15) is 6.61 Å². The number of aliphatic imine (C=N–C) groups is 1. The van der Waals surface area contributed by atoms with E-state index >= 15 is 0 Å². The van der Waals surface area contributed by atoms with Crippen molar-refractivity contribution in [2.24, 2.45) is 4.99 Å². The van der Waals surface area contributed by atoms with Gasteiger partial charge in [-0.1, -0.05) is 23.6 Å². The fourth-order valence-corrected chi connectivity index (χ4v) is 3.73. The molecule has 10 heteroatoms. The van der Waals surface area contributed by atoms with Crippen LogP contribution < -0.4 is 14.8 Å². The third-order valence-corrected chi connectivity index (χ3v) is 5.04. The summed E-state index contributed by atoms with van der Waals surface area (Å²) in [7, 11) is 0. The van der Waals surface area contributed by atoms with Crippen molar-refractivity contribution in [3.05, 3.63) is 62.0 Å². The van der Waals surface area contributed by atoms with E-state index in [9.17, 15) is 14.9 Å². The highest BCUT2D eigenvalue weighted by Gasteiger charge is 2.24. The molecule has 0 spiro atoms. The van der Waals surface area contributed by atoms with Gasteiger partial charge in [0.15, 0.2) is 16.7 Å². The highest BCUT2D eigenvalue weighted by atomic mass is 35.5. The van der Waals surface area contributed by atoms with Crippen molar-refractivity contribution < 1.29 is 19.2 Å². The Hall–Kier alpha value is -3.48. The molecule has 31 heavy (non-hydrogen) atoms. The zero-order chi connectivity index (χ0) is 22.4. The number of amidine groups is 1. The highest BCUT2D eigenvalue weighted by molar-refractivity contribution is 8.18. The van der Waals surface area contributed by atoms with Crippen LogP contribution in [0, 0.1) is 22.5 Å². The summed E-state index contributed by atoms with van der Waals surface area (Å²) < 4.78 is 11.0. The molecule has 1 fully saturated rings. The first kappa shape index (κ1) is 22.2. The molecule has 0 saturated carbocycles. The quantitative estimate of drug-likeness (QED) is 0.283. The predicted molar refractivity (Wildman–Crippen MR) is 121 cm³/mol. The van der Waals surface area contributed by atoms with E-state index in [2.05, 4.69) is 16.2 Å². The number of rotatable bonds is 7. The van der Waals surface area contributed by atoms with Crippen LogP contribution in [-0.2, 0) is 4.79 Å². The minimum Gasteiger partial charge on any atom is -0.490 e. The van der Waals surface area contributed by atoms with E-state index in [-0.39, 0.29) is 18.2 Å². The Morgan fingerprint density at radius 1 is 1.35 bits per heavy atom. The number of ether oxygens (including phenoxy) is 2. The number of benzene rings is 2. The number of thioether (sulfide) groups is 1. The van der Waals surface area contributed by atoms with Gasteiger partial charge in [-0.15, -0.1) is 6.42 Å². The number of carbonyl (C=O) groups is 1. The molecule has 8 nitrogen and oxygen atoms in total. The molecule has 3 rings (SSSR count). The number of carbonyl (C=O) groups excluding carboxylic acids is 1. The molecule has 0 aromatic heterocycles. The minimum absolute atomic E-state index is 0.0377. The van der Waals surface area contributed by atoms with Gasteiger partial charge in [0, 0.05) is 12.1 Å². The van der Waals surface area contributed by atoms with Crippen molar-refractivity contribution >= 4 is 51.9 Å². The average molecular weight is 458 g/mol. The van der Waals surface area contributed by atoms with Crippen LogP contribution in [-0.4, -0.2) is 29.2 Å². The molecular formula is C21H16ClN3O5S. The number of nitrogens with zero attached hydrogens (tertiary/aromatic N) is 2. The summed E-state index contributed by atoms with van der Waals surface area (Å²) in [6.07, 6.45) is 6.87. The number of halogens is 1. The van der Waals surface area contributed by atoms with Crippen molar-refractivity contribution in [1.29, 1.82) is 0 Å². The molecule has 1 aliphatic rings. The fraction of sp³-hybridized carbons (Fsp3) is 0.143. The lowest BCUT2D eigenvalue weighted by Crippen LogP contribution is -2.19. The predicted octanol–water partition coefficient (Wildman–Crippen LogP) is 4.55. The van der Waals surface area contributed by atoms with Crippen molar-refractivity contribution in [2.45, 2.75) is 6.92 Å². The van der Waals surface area contributed by atoms with E-state index in [1.165, 1.54) is 18.2 Å². The third-order valence-electron chi connectivity index (χ3n) is 3.85. The van der Waals surface area contributed by atoms with Gasteiger partial charge in [0.2, 0.25) is 0 Å². The standard InChI is InChI=1S/C21H16ClN3O5S/c1-3-8-30-19-16(22)9-13(10-17(19)29-4-2)11-18-20(26)24-21(31-18)23-14-6-5-7-15(12-14)25(27)28/h1,5-7,9-12H,4,8H2,2H3,(H,23,24,26)/b18-11-. The number of non-ortho nitro benzene ring substituents is 1. The summed E-state index contributed by atoms with van der Waals surface area (Å²) in [6, 6.07) is 9.15. The molecule has 0 bridgehead atoms. The molecule has 1 N–H and O–H groups in total. The number of terminal acetylenes is 1. The van der Waals surface area contributed by atoms with Crippen molar-refractivity contribution in [3.8, 4) is 23.8 Å². The van der Waals surface area contributed by atoms with Gasteiger partial charge in [-0.2, -0.15) is 0 Å². The number of nitro benzene ring substituents is 1. The average Bonchev–Trinajstić information content (AvgIpc) is 3.06. The molecule has 1 aliphatic heterocycles. The lowest BCUT2D eigenvalue weighted by molar-refractivity contribution is -0.384. The van der Waals surface area contributed by atoms with Gasteiger partial charge in [-0.3, -0.25) is 14.9 Å². The second kappa shape index (κ2) is 10.0. The van der Waals surface area contributed by atoms with Gasteiger partial charge >= 0.3 is 0 Å². The van der Waals surface area contributed by atoms with Gasteiger partial charge < -0.3 is 14.8 Å². The number of hydrogen-bond donors (Lipinski definition) is 1. The Morgan fingerprint density at radius 3 is 2.87 bits per heavy atom. The van der Waals surface area contributed by atoms with Crippen LogP contribution in [0.1, 0.15) is 12.5 Å². The maximum absolute atomic E-state index is 12.4. The normalized spacial score (nSPS) is 15.6. The number of hydrogen-bond acceptors (Lipinski definition) is 7. The van der Waals surface area contributed by atoms with E-state index in [1.807, 2.05) is 6.92 Å². The number of nitrogens with one attached hydrogen (secondary N) is 1. The van der Waals surface area contributed by atoms with Crippen LogP contribution in [0.25, 0.3) is 6.08 Å². The van der Waals surface area contributed by atoms with Crippen LogP contribution in [0.2, 0.25) is 5.02 Å². The van der Waals surface area contributed by atoms with Gasteiger partial charge in [-0.25, -0.2) is 4.99 Å². The van der Waals surface area contributed by atoms with Crippen LogP contribution in [0.4, 0.5) is 11.4 Å². The zero-order valence-corrected chi connectivity index (χ0v) is 17.8. The Kier molecular flexibility index (Phi) is 7.18. The summed E-state index contributed by atoms with van der Waals surface area (Å²) in [5, 5.41) is 14.2. The van der Waals surface area contributed by atoms with Crippen LogP contribution >= 0.6 is 23.4 Å². The fourth-order valence-electron chi connectivity index (χ4n) is 2.61. The Bertz CT molecular complexity index is 1140. The summed E-state index contributed by atoms with van der Waals surface area (Å²) >= 11 is 7.42. The Morgan fingerprint density at radius 2 is 2.16 bits per heavy atom. The molecule has 0 aliphatic carbocycles. The minimum atomic E-state index is -0.508. The maximum Gasteiger partial charge on any atom is 0.271 e. The topological polar surface area (TPSA) is 103 Å². The first-order chi connectivity index (χ1) is 14.9.